The summed E-state index contributed by atoms with van der Waals surface area (Å²) in [7, 11) is -3.55. The molecule has 0 radical (unpaired) electrons. The van der Waals surface area contributed by atoms with Crippen molar-refractivity contribution in [2.24, 2.45) is 5.92 Å². The third-order valence-corrected chi connectivity index (χ3v) is 5.02. The second-order valence-corrected chi connectivity index (χ2v) is 6.77. The summed E-state index contributed by atoms with van der Waals surface area (Å²) in [4.78, 5) is 11.6. The van der Waals surface area contributed by atoms with Crippen molar-refractivity contribution in [3.63, 3.8) is 0 Å². The molecule has 1 aliphatic heterocycles. The van der Waals surface area contributed by atoms with E-state index in [1.54, 1.807) is 55.6 Å². The average molecular weight is 321 g/mol. The number of hydrogen-bond donors (Lipinski definition) is 0. The maximum absolute atomic E-state index is 12.5. The Balaban J connectivity index is 2.10. The smallest absolute Gasteiger partial charge is 0.330 e. The molecule has 1 heterocycles. The minimum atomic E-state index is -3.55. The van der Waals surface area contributed by atoms with Crippen LogP contribution in [0.4, 0.5) is 0 Å². The second-order valence-electron chi connectivity index (χ2n) is 4.88. The van der Waals surface area contributed by atoms with Crippen LogP contribution in [-0.4, -0.2) is 31.8 Å². The molecule has 0 spiro atoms. The molecule has 0 N–H and O–H groups in total. The van der Waals surface area contributed by atoms with E-state index in [-0.39, 0.29) is 10.8 Å². The lowest BCUT2D eigenvalue weighted by Gasteiger charge is -2.27. The first-order valence-electron chi connectivity index (χ1n) is 7.12. The van der Waals surface area contributed by atoms with Gasteiger partial charge in [0.05, 0.1) is 11.5 Å². The molecule has 0 aromatic heterocycles. The van der Waals surface area contributed by atoms with Gasteiger partial charge in [-0.2, -0.15) is 0 Å². The van der Waals surface area contributed by atoms with Crippen LogP contribution in [0.5, 0.6) is 0 Å². The van der Waals surface area contributed by atoms with E-state index >= 15 is 0 Å². The quantitative estimate of drug-likeness (QED) is 0.617. The van der Waals surface area contributed by atoms with Gasteiger partial charge in [0.1, 0.15) is 0 Å². The molecule has 22 heavy (non-hydrogen) atoms. The molecular formula is C16H19NO4S. The molecule has 6 heteroatoms. The standard InChI is InChI=1S/C16H19NO4S/c1-2-21-16(18)11-10-14-7-6-12-17(13-14)22(19,20)15-8-4-3-5-9-15/h3-6,8-12,14H,2,7,13H2,1H3/b11-10+. The number of rotatable bonds is 5. The number of nitrogens with zero attached hydrogens (tertiary/aromatic N) is 1. The minimum Gasteiger partial charge on any atom is -0.463 e. The predicted molar refractivity (Wildman–Crippen MR) is 83.4 cm³/mol. The van der Waals surface area contributed by atoms with E-state index in [9.17, 15) is 13.2 Å². The van der Waals surface area contributed by atoms with Gasteiger partial charge in [-0.25, -0.2) is 13.2 Å². The number of carbonyl (C=O) groups excluding carboxylic acids is 1. The minimum absolute atomic E-state index is 0.0482. The Morgan fingerprint density at radius 1 is 1.36 bits per heavy atom. The molecule has 0 fully saturated rings. The predicted octanol–water partition coefficient (Wildman–Crippen LogP) is 2.33. The summed E-state index contributed by atoms with van der Waals surface area (Å²) in [6, 6.07) is 8.30. The third kappa shape index (κ3) is 3.98. The highest BCUT2D eigenvalue weighted by Gasteiger charge is 2.25. The number of carbonyl (C=O) groups is 1. The van der Waals surface area contributed by atoms with Crippen molar-refractivity contribution in [3.05, 3.63) is 54.8 Å². The zero-order chi connectivity index (χ0) is 16.0. The molecule has 1 aliphatic rings. The number of ether oxygens (including phenoxy) is 1. The van der Waals surface area contributed by atoms with Crippen LogP contribution in [0.15, 0.2) is 59.7 Å². The molecule has 0 saturated heterocycles. The SMILES string of the molecule is CCOC(=O)/C=C/C1CC=CN(S(=O)(=O)c2ccccc2)C1. The lowest BCUT2D eigenvalue weighted by atomic mass is 10.0. The highest BCUT2D eigenvalue weighted by molar-refractivity contribution is 7.89. The Kier molecular flexibility index (Phi) is 5.38. The maximum Gasteiger partial charge on any atom is 0.330 e. The largest absolute Gasteiger partial charge is 0.463 e. The summed E-state index contributed by atoms with van der Waals surface area (Å²) in [6.45, 7) is 2.37. The van der Waals surface area contributed by atoms with Crippen LogP contribution in [0.2, 0.25) is 0 Å². The molecule has 1 atom stereocenters. The summed E-state index contributed by atoms with van der Waals surface area (Å²) in [6.07, 6.45) is 7.13. The number of benzene rings is 1. The summed E-state index contributed by atoms with van der Waals surface area (Å²) < 4.78 is 31.2. The van der Waals surface area contributed by atoms with E-state index in [0.29, 0.717) is 19.6 Å². The Morgan fingerprint density at radius 3 is 2.77 bits per heavy atom. The van der Waals surface area contributed by atoms with Gasteiger partial charge in [-0.15, -0.1) is 0 Å². The van der Waals surface area contributed by atoms with Gasteiger partial charge in [-0.1, -0.05) is 30.4 Å². The van der Waals surface area contributed by atoms with Gasteiger partial charge in [-0.3, -0.25) is 4.31 Å². The average Bonchev–Trinajstić information content (AvgIpc) is 2.54. The van der Waals surface area contributed by atoms with Gasteiger partial charge < -0.3 is 4.74 Å². The molecule has 0 bridgehead atoms. The monoisotopic (exact) mass is 321 g/mol. The molecule has 118 valence electrons. The highest BCUT2D eigenvalue weighted by Crippen LogP contribution is 2.22. The van der Waals surface area contributed by atoms with Crippen LogP contribution in [0.25, 0.3) is 0 Å². The van der Waals surface area contributed by atoms with Gasteiger partial charge in [0.2, 0.25) is 0 Å². The van der Waals surface area contributed by atoms with E-state index in [0.717, 1.165) is 0 Å². The van der Waals surface area contributed by atoms with Crippen molar-refractivity contribution >= 4 is 16.0 Å². The lowest BCUT2D eigenvalue weighted by Crippen LogP contribution is -2.32. The zero-order valence-corrected chi connectivity index (χ0v) is 13.2. The first-order valence-corrected chi connectivity index (χ1v) is 8.56. The van der Waals surface area contributed by atoms with Crippen molar-refractivity contribution in [3.8, 4) is 0 Å². The van der Waals surface area contributed by atoms with Crippen molar-refractivity contribution in [1.29, 1.82) is 0 Å². The van der Waals surface area contributed by atoms with Gasteiger partial charge >= 0.3 is 5.97 Å². The van der Waals surface area contributed by atoms with E-state index < -0.39 is 16.0 Å². The fraction of sp³-hybridized carbons (Fsp3) is 0.312. The second kappa shape index (κ2) is 7.26. The molecule has 0 amide bonds. The number of hydrogen-bond acceptors (Lipinski definition) is 4. The van der Waals surface area contributed by atoms with Crippen molar-refractivity contribution in [2.45, 2.75) is 18.2 Å². The van der Waals surface area contributed by atoms with Crippen LogP contribution in [0, 0.1) is 5.92 Å². The molecule has 2 rings (SSSR count). The Hall–Kier alpha value is -2.08. The molecule has 1 aromatic carbocycles. The summed E-state index contributed by atoms with van der Waals surface area (Å²) >= 11 is 0. The van der Waals surface area contributed by atoms with E-state index in [1.165, 1.54) is 10.4 Å². The Bertz CT molecular complexity index is 665. The van der Waals surface area contributed by atoms with Crippen LogP contribution in [0.1, 0.15) is 13.3 Å². The normalized spacial score (nSPS) is 18.6. The molecule has 5 nitrogen and oxygen atoms in total. The highest BCUT2D eigenvalue weighted by atomic mass is 32.2. The van der Waals surface area contributed by atoms with Crippen molar-refractivity contribution < 1.29 is 17.9 Å². The molecule has 1 aromatic rings. The van der Waals surface area contributed by atoms with Gasteiger partial charge in [0.15, 0.2) is 0 Å². The summed E-state index contributed by atoms with van der Waals surface area (Å²) in [5, 5.41) is 0. The van der Waals surface area contributed by atoms with Gasteiger partial charge in [0.25, 0.3) is 10.0 Å². The topological polar surface area (TPSA) is 63.7 Å². The van der Waals surface area contributed by atoms with E-state index in [2.05, 4.69) is 0 Å². The number of allylic oxidation sites excluding steroid dienone is 1. The van der Waals surface area contributed by atoms with Gasteiger partial charge in [0, 0.05) is 18.8 Å². The van der Waals surface area contributed by atoms with Crippen LogP contribution in [0.3, 0.4) is 0 Å². The first kappa shape index (κ1) is 16.3. The van der Waals surface area contributed by atoms with Crippen LogP contribution >= 0.6 is 0 Å². The molecule has 0 aliphatic carbocycles. The number of esters is 1. The first-order chi connectivity index (χ1) is 10.5. The fourth-order valence-electron chi connectivity index (χ4n) is 2.17. The number of sulfonamides is 1. The van der Waals surface area contributed by atoms with Crippen LogP contribution < -0.4 is 0 Å². The summed E-state index contributed by atoms with van der Waals surface area (Å²) in [5.41, 5.74) is 0. The van der Waals surface area contributed by atoms with Crippen LogP contribution in [-0.2, 0) is 19.6 Å². The fourth-order valence-corrected chi connectivity index (χ4v) is 3.58. The molecule has 1 unspecified atom stereocenters. The van der Waals surface area contributed by atoms with E-state index in [1.807, 2.05) is 0 Å². The Labute approximate surface area is 130 Å². The van der Waals surface area contributed by atoms with E-state index in [4.69, 9.17) is 4.74 Å². The van der Waals surface area contributed by atoms with Gasteiger partial charge in [-0.05, 0) is 31.4 Å². The lowest BCUT2D eigenvalue weighted by molar-refractivity contribution is -0.137. The third-order valence-electron chi connectivity index (χ3n) is 3.27. The molecular weight excluding hydrogens is 302 g/mol. The van der Waals surface area contributed by atoms with Crippen molar-refractivity contribution in [1.82, 2.24) is 4.31 Å². The zero-order valence-electron chi connectivity index (χ0n) is 12.4. The van der Waals surface area contributed by atoms with Crippen molar-refractivity contribution in [2.75, 3.05) is 13.2 Å². The Morgan fingerprint density at radius 2 is 2.09 bits per heavy atom. The molecule has 0 saturated carbocycles. The summed E-state index contributed by atoms with van der Waals surface area (Å²) in [5.74, 6) is -0.456. The maximum atomic E-state index is 12.5.